The van der Waals surface area contributed by atoms with Crippen LogP contribution in [-0.2, 0) is 7.05 Å². The lowest BCUT2D eigenvalue weighted by Gasteiger charge is -2.12. The largest absolute Gasteiger partial charge is 0.321 e. The Morgan fingerprint density at radius 1 is 1.54 bits per heavy atom. The maximum absolute atomic E-state index is 11.6. The second-order valence-corrected chi connectivity index (χ2v) is 3.26. The van der Waals surface area contributed by atoms with E-state index in [9.17, 15) is 4.79 Å². The smallest absolute Gasteiger partial charge is 0.219 e. The van der Waals surface area contributed by atoms with Crippen molar-refractivity contribution in [2.24, 2.45) is 18.7 Å². The molecular formula is C7H13N5O. The Bertz CT molecular complexity index is 306. The molecule has 72 valence electrons. The van der Waals surface area contributed by atoms with Gasteiger partial charge in [0, 0.05) is 7.05 Å². The van der Waals surface area contributed by atoms with Gasteiger partial charge in [-0.05, 0) is 16.3 Å². The van der Waals surface area contributed by atoms with Crippen LogP contribution in [0.1, 0.15) is 24.5 Å². The average molecular weight is 183 g/mol. The highest BCUT2D eigenvalue weighted by Gasteiger charge is 2.23. The number of carbonyl (C=O) groups is 1. The first-order valence-corrected chi connectivity index (χ1v) is 4.06. The number of Topliss-reactive ketones (excluding diaryl/α,β-unsaturated/α-hetero) is 1. The van der Waals surface area contributed by atoms with Crippen molar-refractivity contribution < 1.29 is 4.79 Å². The van der Waals surface area contributed by atoms with E-state index in [0.29, 0.717) is 0 Å². The Labute approximate surface area is 76.1 Å². The minimum absolute atomic E-state index is 0.0872. The molecule has 0 aromatic carbocycles. The predicted octanol–water partition coefficient (Wildman–Crippen LogP) is -0.624. The van der Waals surface area contributed by atoms with Crippen LogP contribution in [0.15, 0.2) is 0 Å². The van der Waals surface area contributed by atoms with Crippen LogP contribution in [0.5, 0.6) is 0 Å². The standard InChI is InChI=1S/C7H13N5O/c1-4(2)5(8)6(13)7-9-10-11-12(7)3/h4-5H,8H2,1-3H3. The summed E-state index contributed by atoms with van der Waals surface area (Å²) in [6, 6.07) is -0.537. The van der Waals surface area contributed by atoms with Gasteiger partial charge in [-0.2, -0.15) is 0 Å². The molecule has 1 unspecified atom stereocenters. The zero-order valence-electron chi connectivity index (χ0n) is 7.93. The highest BCUT2D eigenvalue weighted by molar-refractivity contribution is 5.96. The van der Waals surface area contributed by atoms with Crippen molar-refractivity contribution in [2.75, 3.05) is 0 Å². The van der Waals surface area contributed by atoms with Crippen LogP contribution < -0.4 is 5.73 Å². The molecule has 0 saturated carbocycles. The Hall–Kier alpha value is -1.30. The number of nitrogens with zero attached hydrogens (tertiary/aromatic N) is 4. The number of nitrogens with two attached hydrogens (primary N) is 1. The maximum atomic E-state index is 11.6. The third-order valence-electron chi connectivity index (χ3n) is 1.86. The fourth-order valence-corrected chi connectivity index (χ4v) is 0.890. The molecule has 6 nitrogen and oxygen atoms in total. The van der Waals surface area contributed by atoms with E-state index in [1.54, 1.807) is 7.05 Å². The molecule has 0 amide bonds. The van der Waals surface area contributed by atoms with Gasteiger partial charge in [-0.25, -0.2) is 4.68 Å². The highest BCUT2D eigenvalue weighted by Crippen LogP contribution is 2.04. The first-order chi connectivity index (χ1) is 6.04. The molecule has 0 bridgehead atoms. The first kappa shape index (κ1) is 9.79. The topological polar surface area (TPSA) is 86.7 Å². The van der Waals surface area contributed by atoms with Crippen molar-refractivity contribution in [1.29, 1.82) is 0 Å². The van der Waals surface area contributed by atoms with Gasteiger partial charge < -0.3 is 5.73 Å². The van der Waals surface area contributed by atoms with Gasteiger partial charge >= 0.3 is 0 Å². The van der Waals surface area contributed by atoms with E-state index in [0.717, 1.165) is 0 Å². The van der Waals surface area contributed by atoms with E-state index in [1.165, 1.54) is 4.68 Å². The number of hydrogen-bond acceptors (Lipinski definition) is 5. The van der Waals surface area contributed by atoms with Crippen LogP contribution in [-0.4, -0.2) is 32.0 Å². The summed E-state index contributed by atoms with van der Waals surface area (Å²) in [6.45, 7) is 3.76. The monoisotopic (exact) mass is 183 g/mol. The van der Waals surface area contributed by atoms with Crippen LogP contribution in [0.2, 0.25) is 0 Å². The lowest BCUT2D eigenvalue weighted by Crippen LogP contribution is -2.37. The third kappa shape index (κ3) is 1.89. The minimum Gasteiger partial charge on any atom is -0.321 e. The molecule has 1 heterocycles. The van der Waals surface area contributed by atoms with Gasteiger partial charge in [0.15, 0.2) is 0 Å². The molecular weight excluding hydrogens is 170 g/mol. The van der Waals surface area contributed by atoms with E-state index in [-0.39, 0.29) is 17.5 Å². The SMILES string of the molecule is CC(C)C(N)C(=O)c1nnnn1C. The van der Waals surface area contributed by atoms with E-state index >= 15 is 0 Å². The summed E-state index contributed by atoms with van der Waals surface area (Å²) in [7, 11) is 1.61. The maximum Gasteiger partial charge on any atom is 0.219 e. The quantitative estimate of drug-likeness (QED) is 0.631. The molecule has 13 heavy (non-hydrogen) atoms. The summed E-state index contributed by atoms with van der Waals surface area (Å²) in [5, 5.41) is 10.5. The number of ketones is 1. The molecule has 0 aliphatic heterocycles. The molecule has 0 aliphatic carbocycles. The van der Waals surface area contributed by atoms with E-state index in [4.69, 9.17) is 5.73 Å². The molecule has 0 aliphatic rings. The van der Waals surface area contributed by atoms with Gasteiger partial charge in [0.1, 0.15) is 0 Å². The molecule has 0 radical (unpaired) electrons. The zero-order chi connectivity index (χ0) is 10.0. The minimum atomic E-state index is -0.537. The highest BCUT2D eigenvalue weighted by atomic mass is 16.1. The zero-order valence-corrected chi connectivity index (χ0v) is 7.93. The first-order valence-electron chi connectivity index (χ1n) is 4.06. The van der Waals surface area contributed by atoms with Crippen molar-refractivity contribution >= 4 is 5.78 Å². The molecule has 1 rings (SSSR count). The number of aryl methyl sites for hydroxylation is 1. The van der Waals surface area contributed by atoms with Crippen molar-refractivity contribution in [1.82, 2.24) is 20.2 Å². The molecule has 0 saturated heterocycles. The van der Waals surface area contributed by atoms with Gasteiger partial charge in [0.25, 0.3) is 0 Å². The lowest BCUT2D eigenvalue weighted by atomic mass is 10.0. The third-order valence-corrected chi connectivity index (χ3v) is 1.86. The van der Waals surface area contributed by atoms with Gasteiger partial charge in [-0.15, -0.1) is 5.10 Å². The average Bonchev–Trinajstić information content (AvgIpc) is 2.48. The van der Waals surface area contributed by atoms with Gasteiger partial charge in [-0.1, -0.05) is 13.8 Å². The van der Waals surface area contributed by atoms with Gasteiger partial charge in [-0.3, -0.25) is 4.79 Å². The van der Waals surface area contributed by atoms with Crippen molar-refractivity contribution in [3.05, 3.63) is 5.82 Å². The normalized spacial score (nSPS) is 13.3. The van der Waals surface area contributed by atoms with Gasteiger partial charge in [0.05, 0.1) is 6.04 Å². The van der Waals surface area contributed by atoms with E-state index in [2.05, 4.69) is 15.5 Å². The Morgan fingerprint density at radius 2 is 2.15 bits per heavy atom. The summed E-state index contributed by atoms with van der Waals surface area (Å²) >= 11 is 0. The molecule has 6 heteroatoms. The van der Waals surface area contributed by atoms with Crippen molar-refractivity contribution in [3.63, 3.8) is 0 Å². The molecule has 1 atom stereocenters. The number of aromatic nitrogens is 4. The van der Waals surface area contributed by atoms with Crippen molar-refractivity contribution in [2.45, 2.75) is 19.9 Å². The molecule has 2 N–H and O–H groups in total. The molecule has 1 aromatic rings. The van der Waals surface area contributed by atoms with E-state index < -0.39 is 6.04 Å². The fraction of sp³-hybridized carbons (Fsp3) is 0.714. The van der Waals surface area contributed by atoms with Gasteiger partial charge in [0.2, 0.25) is 11.6 Å². The number of rotatable bonds is 3. The summed E-state index contributed by atoms with van der Waals surface area (Å²) < 4.78 is 1.32. The van der Waals surface area contributed by atoms with Crippen LogP contribution >= 0.6 is 0 Å². The number of hydrogen-bond donors (Lipinski definition) is 1. The Kier molecular flexibility index (Phi) is 2.72. The Morgan fingerprint density at radius 3 is 2.54 bits per heavy atom. The van der Waals surface area contributed by atoms with E-state index in [1.807, 2.05) is 13.8 Å². The molecule has 0 spiro atoms. The molecule has 1 aromatic heterocycles. The van der Waals surface area contributed by atoms with Crippen LogP contribution in [0.3, 0.4) is 0 Å². The van der Waals surface area contributed by atoms with Crippen LogP contribution in [0.4, 0.5) is 0 Å². The molecule has 0 fully saturated rings. The van der Waals surface area contributed by atoms with Crippen LogP contribution in [0.25, 0.3) is 0 Å². The van der Waals surface area contributed by atoms with Crippen LogP contribution in [0, 0.1) is 5.92 Å². The number of carbonyl (C=O) groups excluding carboxylic acids is 1. The number of tetrazole rings is 1. The summed E-state index contributed by atoms with van der Waals surface area (Å²) in [5.74, 6) is 0.0768. The summed E-state index contributed by atoms with van der Waals surface area (Å²) in [5.41, 5.74) is 5.66. The second-order valence-electron chi connectivity index (χ2n) is 3.26. The lowest BCUT2D eigenvalue weighted by molar-refractivity contribution is 0.0925. The Balaban J connectivity index is 2.86. The second kappa shape index (κ2) is 3.61. The summed E-state index contributed by atoms with van der Waals surface area (Å²) in [6.07, 6.45) is 0. The summed E-state index contributed by atoms with van der Waals surface area (Å²) in [4.78, 5) is 11.6. The predicted molar refractivity (Wildman–Crippen MR) is 45.9 cm³/mol. The fourth-order valence-electron chi connectivity index (χ4n) is 0.890. The van der Waals surface area contributed by atoms with Crippen molar-refractivity contribution in [3.8, 4) is 0 Å².